The van der Waals surface area contributed by atoms with Gasteiger partial charge in [-0.1, -0.05) is 243 Å². The van der Waals surface area contributed by atoms with E-state index in [1.165, 1.54) is 116 Å². The predicted octanol–water partition coefficient (Wildman–Crippen LogP) is 15.7. The van der Waals surface area contributed by atoms with Crippen molar-refractivity contribution in [2.24, 2.45) is 0 Å². The number of allylic oxidation sites excluding steroid dienone is 4. The van der Waals surface area contributed by atoms with Crippen molar-refractivity contribution >= 4 is 23.6 Å². The first kappa shape index (κ1) is 49.3. The van der Waals surface area contributed by atoms with Gasteiger partial charge in [-0.25, -0.2) is 0 Å². The average Bonchev–Trinajstić information content (AvgIpc) is 3.63. The second-order valence-corrected chi connectivity index (χ2v) is 25.4. The zero-order chi connectivity index (χ0) is 50.5. The number of rotatable bonds is 16. The average molecular weight is 963 g/mol. The van der Waals surface area contributed by atoms with Crippen LogP contribution < -0.4 is 15.6 Å². The molecule has 0 aromatic heterocycles. The fourth-order valence-electron chi connectivity index (χ4n) is 12.5. The molecule has 1 aliphatic rings. The van der Waals surface area contributed by atoms with Crippen molar-refractivity contribution in [1.29, 1.82) is 0 Å². The van der Waals surface area contributed by atoms with Gasteiger partial charge in [0, 0.05) is 5.04 Å². The highest BCUT2D eigenvalue weighted by molar-refractivity contribution is 7.14. The Kier molecular flexibility index (Phi) is 14.4. The minimum atomic E-state index is -3.42. The Bertz CT molecular complexity index is 3090. The summed E-state index contributed by atoms with van der Waals surface area (Å²) >= 11 is 0. The summed E-state index contributed by atoms with van der Waals surface area (Å²) in [5, 5.41) is 4.23. The summed E-state index contributed by atoms with van der Waals surface area (Å²) in [6.07, 6.45) is 7.92. The van der Waals surface area contributed by atoms with Crippen LogP contribution in [0.5, 0.6) is 0 Å². The third kappa shape index (κ3) is 10.1. The maximum atomic E-state index is 2.74. The molecule has 0 N–H and O–H groups in total. The quantitative estimate of drug-likeness (QED) is 0.0669. The highest BCUT2D eigenvalue weighted by Gasteiger charge is 2.58. The standard InChI is InChI=1S/C72H70Si/c1-51-50-72(7,56(6)52(51)2)73(69-47-63(38-57-26-14-8-15-27-57)44-66(53(69)3)41-60-32-20-11-21-33-60,70-48-64(39-58-28-16-9-17-29-58)45-67(54(70)4)42-61-34-22-12-23-35-61)71-49-65(40-59-30-18-10-19-31-59)46-68(55(71)5)43-62-36-24-13-25-37-62/h8-37,44-50H,38-43H2,1-7H3. The van der Waals surface area contributed by atoms with Gasteiger partial charge in [0.25, 0.3) is 0 Å². The summed E-state index contributed by atoms with van der Waals surface area (Å²) in [6.45, 7) is 17.4. The fraction of sp³-hybridized carbons (Fsp3) is 0.194. The number of hydrogen-bond donors (Lipinski definition) is 0. The Balaban J connectivity index is 1.40. The third-order valence-electron chi connectivity index (χ3n) is 16.6. The van der Waals surface area contributed by atoms with E-state index >= 15 is 0 Å². The van der Waals surface area contributed by atoms with Crippen LogP contribution in [-0.2, 0) is 38.5 Å². The van der Waals surface area contributed by atoms with Crippen LogP contribution in [0, 0.1) is 20.8 Å². The molecular weight excluding hydrogens is 893 g/mol. The molecule has 9 aromatic rings. The largest absolute Gasteiger partial charge is 0.162 e. The molecule has 0 bridgehead atoms. The maximum Gasteiger partial charge on any atom is 0.162 e. The van der Waals surface area contributed by atoms with Crippen molar-refractivity contribution in [2.45, 2.75) is 92.0 Å². The Labute approximate surface area is 437 Å². The number of hydrogen-bond acceptors (Lipinski definition) is 0. The second kappa shape index (κ2) is 21.4. The van der Waals surface area contributed by atoms with Crippen LogP contribution in [0.4, 0.5) is 0 Å². The molecule has 0 nitrogen and oxygen atoms in total. The van der Waals surface area contributed by atoms with Gasteiger partial charge in [0.15, 0.2) is 8.07 Å². The van der Waals surface area contributed by atoms with E-state index in [0.717, 1.165) is 38.5 Å². The summed E-state index contributed by atoms with van der Waals surface area (Å²) in [4.78, 5) is 0. The Morgan fingerprint density at radius 2 is 0.548 bits per heavy atom. The van der Waals surface area contributed by atoms with Crippen molar-refractivity contribution in [1.82, 2.24) is 0 Å². The molecule has 0 saturated heterocycles. The topological polar surface area (TPSA) is 0 Å². The van der Waals surface area contributed by atoms with Crippen molar-refractivity contribution in [2.75, 3.05) is 0 Å². The van der Waals surface area contributed by atoms with E-state index in [-0.39, 0.29) is 5.04 Å². The third-order valence-corrected chi connectivity index (χ3v) is 22.7. The van der Waals surface area contributed by atoms with Gasteiger partial charge in [0.1, 0.15) is 0 Å². The molecule has 0 fully saturated rings. The Morgan fingerprint density at radius 1 is 0.301 bits per heavy atom. The lowest BCUT2D eigenvalue weighted by atomic mass is 9.95. The van der Waals surface area contributed by atoms with Gasteiger partial charge in [-0.15, -0.1) is 0 Å². The van der Waals surface area contributed by atoms with Crippen LogP contribution in [0.1, 0.15) is 111 Å². The molecule has 10 rings (SSSR count). The molecule has 0 saturated carbocycles. The van der Waals surface area contributed by atoms with Gasteiger partial charge in [0.05, 0.1) is 0 Å². The summed E-state index contributed by atoms with van der Waals surface area (Å²) in [5.41, 5.74) is 25.0. The molecule has 0 aliphatic heterocycles. The molecule has 73 heavy (non-hydrogen) atoms. The highest BCUT2D eigenvalue weighted by atomic mass is 28.3. The fourth-order valence-corrected chi connectivity index (χ4v) is 19.6. The molecule has 0 radical (unpaired) electrons. The highest BCUT2D eigenvalue weighted by Crippen LogP contribution is 2.54. The zero-order valence-electron chi connectivity index (χ0n) is 44.1. The van der Waals surface area contributed by atoms with Crippen molar-refractivity contribution < 1.29 is 0 Å². The summed E-state index contributed by atoms with van der Waals surface area (Å²) in [6, 6.07) is 82.9. The van der Waals surface area contributed by atoms with Gasteiger partial charge in [0.2, 0.25) is 0 Å². The summed E-state index contributed by atoms with van der Waals surface area (Å²) in [5.74, 6) is 0. The molecule has 0 heterocycles. The van der Waals surface area contributed by atoms with Gasteiger partial charge in [-0.3, -0.25) is 0 Å². The van der Waals surface area contributed by atoms with Gasteiger partial charge >= 0.3 is 0 Å². The minimum absolute atomic E-state index is 0.360. The van der Waals surface area contributed by atoms with Gasteiger partial charge in [-0.2, -0.15) is 0 Å². The summed E-state index contributed by atoms with van der Waals surface area (Å²) in [7, 11) is -3.42. The van der Waals surface area contributed by atoms with E-state index in [2.05, 4.69) is 273 Å². The lowest BCUT2D eigenvalue weighted by Gasteiger charge is -2.50. The van der Waals surface area contributed by atoms with Crippen LogP contribution in [0.2, 0.25) is 5.04 Å². The van der Waals surface area contributed by atoms with E-state index in [9.17, 15) is 0 Å². The van der Waals surface area contributed by atoms with E-state index < -0.39 is 8.07 Å². The molecule has 1 aliphatic carbocycles. The summed E-state index contributed by atoms with van der Waals surface area (Å²) < 4.78 is 0. The second-order valence-electron chi connectivity index (χ2n) is 21.3. The lowest BCUT2D eigenvalue weighted by molar-refractivity contribution is 0.867. The first-order valence-electron chi connectivity index (χ1n) is 26.5. The molecule has 0 amide bonds. The zero-order valence-corrected chi connectivity index (χ0v) is 45.1. The normalized spacial score (nSPS) is 14.6. The minimum Gasteiger partial charge on any atom is -0.0730 e. The molecule has 1 heteroatoms. The van der Waals surface area contributed by atoms with Crippen LogP contribution in [0.15, 0.2) is 241 Å². The van der Waals surface area contributed by atoms with Crippen molar-refractivity contribution in [3.8, 4) is 0 Å². The predicted molar refractivity (Wildman–Crippen MR) is 314 cm³/mol. The monoisotopic (exact) mass is 963 g/mol. The Hall–Kier alpha value is -7.32. The Morgan fingerprint density at radius 3 is 0.781 bits per heavy atom. The first-order valence-corrected chi connectivity index (χ1v) is 28.5. The molecule has 0 spiro atoms. The maximum absolute atomic E-state index is 3.42. The van der Waals surface area contributed by atoms with E-state index in [0.29, 0.717) is 0 Å². The molecular formula is C72H70Si. The number of benzene rings is 9. The molecule has 1 atom stereocenters. The lowest BCUT2D eigenvalue weighted by Crippen LogP contribution is -2.75. The SMILES string of the molecule is CC1=CC(C)([Si](c2cc(Cc3ccccc3)cc(Cc3ccccc3)c2C)(c2cc(Cc3ccccc3)cc(Cc3ccccc3)c2C)c2cc(Cc3ccccc3)cc(Cc3ccccc3)c2C)C(C)=C1C. The van der Waals surface area contributed by atoms with Crippen LogP contribution in [0.3, 0.4) is 0 Å². The van der Waals surface area contributed by atoms with Crippen molar-refractivity contribution in [3.05, 3.63) is 325 Å². The van der Waals surface area contributed by atoms with E-state index in [1.54, 1.807) is 0 Å². The first-order chi connectivity index (χ1) is 35.5. The smallest absolute Gasteiger partial charge is 0.0730 e. The van der Waals surface area contributed by atoms with Crippen LogP contribution >= 0.6 is 0 Å². The van der Waals surface area contributed by atoms with Crippen LogP contribution in [-0.4, -0.2) is 8.07 Å². The molecule has 9 aromatic carbocycles. The van der Waals surface area contributed by atoms with E-state index in [4.69, 9.17) is 0 Å². The molecule has 362 valence electrons. The van der Waals surface area contributed by atoms with Crippen molar-refractivity contribution in [3.63, 3.8) is 0 Å². The molecule has 1 unspecified atom stereocenters. The van der Waals surface area contributed by atoms with E-state index in [1.807, 2.05) is 0 Å². The van der Waals surface area contributed by atoms with Crippen LogP contribution in [0.25, 0.3) is 0 Å². The van der Waals surface area contributed by atoms with Gasteiger partial charge in [-0.05, 0) is 185 Å². The van der Waals surface area contributed by atoms with Gasteiger partial charge < -0.3 is 0 Å².